The van der Waals surface area contributed by atoms with Crippen molar-refractivity contribution in [2.24, 2.45) is 11.3 Å². The number of aryl methyl sites for hydroxylation is 1. The van der Waals surface area contributed by atoms with Crippen LogP contribution in [0.3, 0.4) is 0 Å². The van der Waals surface area contributed by atoms with Crippen LogP contribution in [-0.4, -0.2) is 21.0 Å². The molecule has 0 saturated carbocycles. The minimum Gasteiger partial charge on any atom is -0.477 e. The van der Waals surface area contributed by atoms with Crippen LogP contribution in [0.4, 0.5) is 0 Å². The largest absolute Gasteiger partial charge is 0.477 e. The van der Waals surface area contributed by atoms with Gasteiger partial charge in [-0.25, -0.2) is 9.78 Å². The van der Waals surface area contributed by atoms with E-state index in [9.17, 15) is 9.59 Å². The Labute approximate surface area is 106 Å². The molecule has 0 amide bonds. The van der Waals surface area contributed by atoms with Gasteiger partial charge < -0.3 is 10.1 Å². The zero-order chi connectivity index (χ0) is 14.1. The molecule has 0 aliphatic rings. The van der Waals surface area contributed by atoms with Crippen molar-refractivity contribution in [1.29, 1.82) is 0 Å². The van der Waals surface area contributed by atoms with E-state index in [0.717, 1.165) is 0 Å². The van der Waals surface area contributed by atoms with Gasteiger partial charge in [0.2, 0.25) is 0 Å². The summed E-state index contributed by atoms with van der Waals surface area (Å²) in [6, 6.07) is 0. The summed E-state index contributed by atoms with van der Waals surface area (Å²) in [6.07, 6.45) is 0.624. The quantitative estimate of drug-likeness (QED) is 0.861. The molecule has 0 aromatic carbocycles. The van der Waals surface area contributed by atoms with Gasteiger partial charge in [-0.2, -0.15) is 0 Å². The summed E-state index contributed by atoms with van der Waals surface area (Å²) in [7, 11) is 0. The molecule has 1 atom stereocenters. The van der Waals surface area contributed by atoms with Crippen LogP contribution in [0.2, 0.25) is 0 Å². The fraction of sp³-hybridized carbons (Fsp3) is 0.615. The Morgan fingerprint density at radius 3 is 2.39 bits per heavy atom. The molecular weight excluding hydrogens is 232 g/mol. The minimum absolute atomic E-state index is 0.109. The van der Waals surface area contributed by atoms with Gasteiger partial charge in [-0.3, -0.25) is 4.79 Å². The first-order valence-electron chi connectivity index (χ1n) is 5.96. The number of carboxylic acid groups (broad SMARTS) is 1. The molecule has 0 aliphatic heterocycles. The first-order chi connectivity index (χ1) is 8.12. The van der Waals surface area contributed by atoms with Gasteiger partial charge in [0.15, 0.2) is 0 Å². The third kappa shape index (κ3) is 3.18. The van der Waals surface area contributed by atoms with E-state index < -0.39 is 11.5 Å². The van der Waals surface area contributed by atoms with E-state index >= 15 is 0 Å². The number of aromatic carboxylic acids is 1. The SMILES string of the molecule is Cc1nc(CC(C)C(C)(C)C)[nH]c(=O)c1C(=O)O. The summed E-state index contributed by atoms with van der Waals surface area (Å²) in [5.41, 5.74) is -0.478. The first kappa shape index (κ1) is 14.4. The normalized spacial score (nSPS) is 13.4. The van der Waals surface area contributed by atoms with Crippen LogP contribution in [0, 0.1) is 18.3 Å². The van der Waals surface area contributed by atoms with E-state index in [1.807, 2.05) is 0 Å². The molecule has 0 aliphatic carbocycles. The van der Waals surface area contributed by atoms with Crippen molar-refractivity contribution in [3.8, 4) is 0 Å². The Bertz CT molecular complexity index is 512. The van der Waals surface area contributed by atoms with Crippen LogP contribution in [-0.2, 0) is 6.42 Å². The third-order valence-electron chi connectivity index (χ3n) is 3.34. The van der Waals surface area contributed by atoms with Crippen molar-refractivity contribution in [1.82, 2.24) is 9.97 Å². The van der Waals surface area contributed by atoms with Crippen LogP contribution in [0.15, 0.2) is 4.79 Å². The maximum atomic E-state index is 11.7. The van der Waals surface area contributed by atoms with Gasteiger partial charge in [-0.05, 0) is 18.3 Å². The molecule has 18 heavy (non-hydrogen) atoms. The molecule has 0 bridgehead atoms. The molecule has 1 rings (SSSR count). The number of nitrogens with one attached hydrogen (secondary N) is 1. The fourth-order valence-corrected chi connectivity index (χ4v) is 1.59. The highest BCUT2D eigenvalue weighted by Crippen LogP contribution is 2.27. The summed E-state index contributed by atoms with van der Waals surface area (Å²) in [5.74, 6) is -0.364. The first-order valence-corrected chi connectivity index (χ1v) is 5.96. The third-order valence-corrected chi connectivity index (χ3v) is 3.34. The van der Waals surface area contributed by atoms with Gasteiger partial charge in [-0.1, -0.05) is 27.7 Å². The minimum atomic E-state index is -1.24. The summed E-state index contributed by atoms with van der Waals surface area (Å²) in [4.78, 5) is 29.3. The molecule has 2 N–H and O–H groups in total. The zero-order valence-corrected chi connectivity index (χ0v) is 11.5. The van der Waals surface area contributed by atoms with Crippen molar-refractivity contribution < 1.29 is 9.90 Å². The van der Waals surface area contributed by atoms with Crippen LogP contribution >= 0.6 is 0 Å². The predicted molar refractivity (Wildman–Crippen MR) is 68.9 cm³/mol. The molecule has 100 valence electrons. The summed E-state index contributed by atoms with van der Waals surface area (Å²) in [5, 5.41) is 8.89. The molecule has 5 nitrogen and oxygen atoms in total. The molecule has 1 aromatic heterocycles. The number of H-pyrrole nitrogens is 1. The van der Waals surface area contributed by atoms with Gasteiger partial charge in [0.1, 0.15) is 11.4 Å². The molecule has 1 unspecified atom stereocenters. The van der Waals surface area contributed by atoms with E-state index in [2.05, 4.69) is 37.7 Å². The Balaban J connectivity index is 3.09. The monoisotopic (exact) mass is 252 g/mol. The Kier molecular flexibility index (Phi) is 3.94. The van der Waals surface area contributed by atoms with Crippen molar-refractivity contribution in [2.45, 2.75) is 41.0 Å². The van der Waals surface area contributed by atoms with E-state index in [1.54, 1.807) is 6.92 Å². The van der Waals surface area contributed by atoms with Crippen molar-refractivity contribution >= 4 is 5.97 Å². The topological polar surface area (TPSA) is 83.0 Å². The number of nitrogens with zero attached hydrogens (tertiary/aromatic N) is 1. The molecule has 1 heterocycles. The lowest BCUT2D eigenvalue weighted by Crippen LogP contribution is -2.26. The highest BCUT2D eigenvalue weighted by atomic mass is 16.4. The lowest BCUT2D eigenvalue weighted by Gasteiger charge is -2.26. The maximum Gasteiger partial charge on any atom is 0.343 e. The summed E-state index contributed by atoms with van der Waals surface area (Å²) >= 11 is 0. The smallest absolute Gasteiger partial charge is 0.343 e. The number of hydrogen-bond donors (Lipinski definition) is 2. The number of aromatic nitrogens is 2. The molecule has 0 saturated heterocycles. The Morgan fingerprint density at radius 1 is 1.44 bits per heavy atom. The van der Waals surface area contributed by atoms with Crippen LogP contribution in [0.25, 0.3) is 0 Å². The second kappa shape index (κ2) is 4.92. The molecule has 0 spiro atoms. The Morgan fingerprint density at radius 2 is 2.00 bits per heavy atom. The average Bonchev–Trinajstić information content (AvgIpc) is 2.13. The number of carbonyl (C=O) groups is 1. The van der Waals surface area contributed by atoms with E-state index in [4.69, 9.17) is 5.11 Å². The highest BCUT2D eigenvalue weighted by molar-refractivity contribution is 5.88. The van der Waals surface area contributed by atoms with Gasteiger partial charge in [-0.15, -0.1) is 0 Å². The van der Waals surface area contributed by atoms with Crippen molar-refractivity contribution in [2.75, 3.05) is 0 Å². The number of rotatable bonds is 3. The van der Waals surface area contributed by atoms with Gasteiger partial charge >= 0.3 is 5.97 Å². The average molecular weight is 252 g/mol. The molecular formula is C13H20N2O3. The lowest BCUT2D eigenvalue weighted by atomic mass is 9.80. The molecule has 0 fully saturated rings. The maximum absolute atomic E-state index is 11.7. The predicted octanol–water partition coefficient (Wildman–Crippen LogP) is 2.00. The number of hydrogen-bond acceptors (Lipinski definition) is 3. The fourth-order valence-electron chi connectivity index (χ4n) is 1.59. The number of aromatic amines is 1. The van der Waals surface area contributed by atoms with Crippen LogP contribution in [0.5, 0.6) is 0 Å². The van der Waals surface area contributed by atoms with E-state index in [1.165, 1.54) is 0 Å². The Hall–Kier alpha value is -1.65. The van der Waals surface area contributed by atoms with Crippen molar-refractivity contribution in [3.63, 3.8) is 0 Å². The number of carboxylic acids is 1. The van der Waals surface area contributed by atoms with Crippen LogP contribution < -0.4 is 5.56 Å². The molecule has 1 aromatic rings. The van der Waals surface area contributed by atoms with Gasteiger partial charge in [0.25, 0.3) is 5.56 Å². The van der Waals surface area contributed by atoms with Crippen molar-refractivity contribution in [3.05, 3.63) is 27.4 Å². The molecule has 0 radical (unpaired) electrons. The van der Waals surface area contributed by atoms with E-state index in [-0.39, 0.29) is 16.7 Å². The second-order valence-electron chi connectivity index (χ2n) is 5.75. The van der Waals surface area contributed by atoms with E-state index in [0.29, 0.717) is 18.2 Å². The summed E-state index contributed by atoms with van der Waals surface area (Å²) in [6.45, 7) is 9.99. The standard InChI is InChI=1S/C13H20N2O3/c1-7(13(3,4)5)6-9-14-8(2)10(12(17)18)11(16)15-9/h7H,6H2,1-5H3,(H,17,18)(H,14,15,16). The van der Waals surface area contributed by atoms with Crippen LogP contribution in [0.1, 0.15) is 49.6 Å². The molecule has 5 heteroatoms. The zero-order valence-electron chi connectivity index (χ0n) is 11.5. The lowest BCUT2D eigenvalue weighted by molar-refractivity contribution is 0.0693. The highest BCUT2D eigenvalue weighted by Gasteiger charge is 2.22. The van der Waals surface area contributed by atoms with Gasteiger partial charge in [0, 0.05) is 6.42 Å². The second-order valence-corrected chi connectivity index (χ2v) is 5.75. The van der Waals surface area contributed by atoms with Gasteiger partial charge in [0.05, 0.1) is 5.69 Å². The summed E-state index contributed by atoms with van der Waals surface area (Å²) < 4.78 is 0.